The summed E-state index contributed by atoms with van der Waals surface area (Å²) in [6, 6.07) is 25.3. The van der Waals surface area contributed by atoms with Gasteiger partial charge in [-0.1, -0.05) is 66.2 Å². The smallest absolute Gasteiger partial charge is 0.215 e. The highest BCUT2D eigenvalue weighted by Gasteiger charge is 2.25. The van der Waals surface area contributed by atoms with Crippen molar-refractivity contribution in [1.82, 2.24) is 4.57 Å². The van der Waals surface area contributed by atoms with Crippen LogP contribution < -0.4 is 4.80 Å². The van der Waals surface area contributed by atoms with Gasteiger partial charge in [-0.25, -0.2) is 0 Å². The van der Waals surface area contributed by atoms with Crippen LogP contribution in [-0.2, 0) is 0 Å². The first-order valence-electron chi connectivity index (χ1n) is 9.46. The molecule has 0 saturated heterocycles. The van der Waals surface area contributed by atoms with Gasteiger partial charge in [-0.2, -0.15) is 5.10 Å². The van der Waals surface area contributed by atoms with Crippen LogP contribution in [0.5, 0.6) is 0 Å². The molecule has 1 aliphatic rings. The van der Waals surface area contributed by atoms with E-state index in [1.807, 2.05) is 78.9 Å². The molecule has 0 spiro atoms. The maximum Gasteiger partial charge on any atom is 0.215 e. The van der Waals surface area contributed by atoms with E-state index in [1.54, 1.807) is 0 Å². The van der Waals surface area contributed by atoms with Crippen molar-refractivity contribution in [2.24, 2.45) is 10.2 Å². The fraction of sp³-hybridized carbons (Fsp3) is 0.0417. The molecular formula is C24H16ClN3OS. The molecule has 5 rings (SSSR count). The third kappa shape index (κ3) is 3.43. The SMILES string of the molecule is O=C1C/C(=N\N=c2/scc(-c3ccc(Cl)cc3)n2-c2ccccc2)c2ccccc21. The van der Waals surface area contributed by atoms with Crippen molar-refractivity contribution in [2.45, 2.75) is 6.42 Å². The quantitative estimate of drug-likeness (QED) is 0.382. The third-order valence-electron chi connectivity index (χ3n) is 4.99. The lowest BCUT2D eigenvalue weighted by molar-refractivity contribution is 0.101. The number of Topliss-reactive ketones (excluding diaryl/α,β-unsaturated/α-hetero) is 1. The van der Waals surface area contributed by atoms with Gasteiger partial charge in [-0.05, 0) is 29.8 Å². The second-order valence-corrected chi connectivity index (χ2v) is 8.15. The molecule has 0 radical (unpaired) electrons. The lowest BCUT2D eigenvalue weighted by atomic mass is 10.1. The molecule has 4 aromatic rings. The van der Waals surface area contributed by atoms with E-state index in [-0.39, 0.29) is 12.2 Å². The topological polar surface area (TPSA) is 46.7 Å². The number of para-hydroxylation sites is 1. The number of ketones is 1. The van der Waals surface area contributed by atoms with Gasteiger partial charge < -0.3 is 0 Å². The van der Waals surface area contributed by atoms with Gasteiger partial charge in [0.15, 0.2) is 5.78 Å². The first-order valence-corrected chi connectivity index (χ1v) is 10.7. The van der Waals surface area contributed by atoms with Crippen LogP contribution in [0.15, 0.2) is 94.4 Å². The molecule has 0 bridgehead atoms. The fourth-order valence-electron chi connectivity index (χ4n) is 3.54. The van der Waals surface area contributed by atoms with Crippen LogP contribution >= 0.6 is 22.9 Å². The number of hydrogen-bond acceptors (Lipinski definition) is 4. The Balaban J connectivity index is 1.66. The van der Waals surface area contributed by atoms with Gasteiger partial charge in [0.2, 0.25) is 4.80 Å². The lowest BCUT2D eigenvalue weighted by Crippen LogP contribution is -2.13. The summed E-state index contributed by atoms with van der Waals surface area (Å²) in [6.07, 6.45) is 0.281. The number of rotatable bonds is 3. The van der Waals surface area contributed by atoms with Gasteiger partial charge in [0.1, 0.15) is 0 Å². The summed E-state index contributed by atoms with van der Waals surface area (Å²) in [5, 5.41) is 11.8. The number of thiazole rings is 1. The number of nitrogens with zero attached hydrogens (tertiary/aromatic N) is 3. The van der Waals surface area contributed by atoms with Crippen molar-refractivity contribution >= 4 is 34.4 Å². The summed E-state index contributed by atoms with van der Waals surface area (Å²) in [4.78, 5) is 13.0. The second-order valence-electron chi connectivity index (χ2n) is 6.87. The Bertz CT molecular complexity index is 1330. The molecular weight excluding hydrogens is 414 g/mol. The van der Waals surface area contributed by atoms with Crippen molar-refractivity contribution in [3.05, 3.63) is 105 Å². The zero-order valence-corrected chi connectivity index (χ0v) is 17.4. The van der Waals surface area contributed by atoms with Crippen molar-refractivity contribution in [3.63, 3.8) is 0 Å². The van der Waals surface area contributed by atoms with Crippen LogP contribution in [0, 0.1) is 0 Å². The minimum Gasteiger partial charge on any atom is -0.294 e. The Morgan fingerprint density at radius 1 is 0.833 bits per heavy atom. The van der Waals surface area contributed by atoms with Crippen molar-refractivity contribution in [2.75, 3.05) is 0 Å². The van der Waals surface area contributed by atoms with Crippen LogP contribution in [0.4, 0.5) is 0 Å². The minimum atomic E-state index is 0.0866. The highest BCUT2D eigenvalue weighted by atomic mass is 35.5. The van der Waals surface area contributed by atoms with E-state index < -0.39 is 0 Å². The Morgan fingerprint density at radius 3 is 2.30 bits per heavy atom. The first-order chi connectivity index (χ1) is 14.7. The molecule has 4 nitrogen and oxygen atoms in total. The Hall–Kier alpha value is -3.28. The third-order valence-corrected chi connectivity index (χ3v) is 6.05. The molecule has 146 valence electrons. The monoisotopic (exact) mass is 429 g/mol. The zero-order chi connectivity index (χ0) is 20.5. The van der Waals surface area contributed by atoms with Crippen LogP contribution in [0.2, 0.25) is 5.02 Å². The average molecular weight is 430 g/mol. The molecule has 0 atom stereocenters. The predicted octanol–water partition coefficient (Wildman–Crippen LogP) is 5.75. The molecule has 0 aliphatic heterocycles. The number of fused-ring (bicyclic) bond motifs is 1. The molecule has 0 fully saturated rings. The van der Waals surface area contributed by atoms with Crippen molar-refractivity contribution in [1.29, 1.82) is 0 Å². The predicted molar refractivity (Wildman–Crippen MR) is 122 cm³/mol. The van der Waals surface area contributed by atoms with E-state index in [4.69, 9.17) is 11.6 Å². The van der Waals surface area contributed by atoms with Gasteiger partial charge in [-0.3, -0.25) is 9.36 Å². The van der Waals surface area contributed by atoms with E-state index in [2.05, 4.69) is 20.1 Å². The van der Waals surface area contributed by atoms with Gasteiger partial charge in [0.05, 0.1) is 17.8 Å². The van der Waals surface area contributed by atoms with Crippen LogP contribution in [0.25, 0.3) is 16.9 Å². The largest absolute Gasteiger partial charge is 0.294 e. The molecule has 1 aliphatic carbocycles. The summed E-state index contributed by atoms with van der Waals surface area (Å²) < 4.78 is 2.07. The summed E-state index contributed by atoms with van der Waals surface area (Å²) in [6.45, 7) is 0. The lowest BCUT2D eigenvalue weighted by Gasteiger charge is -2.09. The van der Waals surface area contributed by atoms with E-state index in [1.165, 1.54) is 11.3 Å². The van der Waals surface area contributed by atoms with Gasteiger partial charge >= 0.3 is 0 Å². The molecule has 30 heavy (non-hydrogen) atoms. The molecule has 0 unspecified atom stereocenters. The molecule has 3 aromatic carbocycles. The summed E-state index contributed by atoms with van der Waals surface area (Å²) in [5.41, 5.74) is 5.32. The zero-order valence-electron chi connectivity index (χ0n) is 15.8. The average Bonchev–Trinajstić information content (AvgIpc) is 3.35. The van der Waals surface area contributed by atoms with E-state index in [0.29, 0.717) is 10.7 Å². The van der Waals surface area contributed by atoms with Crippen molar-refractivity contribution in [3.8, 4) is 16.9 Å². The number of aromatic nitrogens is 1. The first kappa shape index (κ1) is 18.7. The maximum absolute atomic E-state index is 12.3. The fourth-order valence-corrected chi connectivity index (χ4v) is 4.52. The molecule has 0 saturated carbocycles. The number of hydrogen-bond donors (Lipinski definition) is 0. The highest BCUT2D eigenvalue weighted by molar-refractivity contribution is 7.07. The Labute approximate surface area is 182 Å². The number of carbonyl (C=O) groups is 1. The van der Waals surface area contributed by atoms with E-state index in [9.17, 15) is 4.79 Å². The summed E-state index contributed by atoms with van der Waals surface area (Å²) in [7, 11) is 0. The van der Waals surface area contributed by atoms with E-state index in [0.717, 1.165) is 32.9 Å². The Morgan fingerprint density at radius 2 is 1.53 bits per heavy atom. The highest BCUT2D eigenvalue weighted by Crippen LogP contribution is 2.25. The van der Waals surface area contributed by atoms with Gasteiger partial charge in [-0.15, -0.1) is 16.4 Å². The number of halogens is 1. The number of carbonyl (C=O) groups excluding carboxylic acids is 1. The molecule has 0 N–H and O–H groups in total. The summed E-state index contributed by atoms with van der Waals surface area (Å²) >= 11 is 7.58. The van der Waals surface area contributed by atoms with Crippen molar-refractivity contribution < 1.29 is 4.79 Å². The van der Waals surface area contributed by atoms with Crippen LogP contribution in [0.3, 0.4) is 0 Å². The molecule has 1 aromatic heterocycles. The minimum absolute atomic E-state index is 0.0866. The second kappa shape index (κ2) is 7.86. The standard InChI is InChI=1S/C24H16ClN3OS/c25-17-12-10-16(11-13-17)22-15-30-24(28(22)18-6-2-1-3-7-18)27-26-21-14-23(29)20-9-5-4-8-19(20)21/h1-13,15H,14H2/b26-21+,27-24-. The Kier molecular flexibility index (Phi) is 4.91. The van der Waals surface area contributed by atoms with Crippen LogP contribution in [0.1, 0.15) is 22.3 Å². The molecule has 0 amide bonds. The normalized spacial score (nSPS) is 15.0. The van der Waals surface area contributed by atoms with Crippen LogP contribution in [-0.4, -0.2) is 16.1 Å². The summed E-state index contributed by atoms with van der Waals surface area (Å²) in [5.74, 6) is 0.0866. The molecule has 6 heteroatoms. The van der Waals surface area contributed by atoms with E-state index >= 15 is 0 Å². The molecule has 1 heterocycles. The van der Waals surface area contributed by atoms with Gasteiger partial charge in [0.25, 0.3) is 0 Å². The maximum atomic E-state index is 12.3. The number of benzene rings is 3. The van der Waals surface area contributed by atoms with Gasteiger partial charge in [0, 0.05) is 27.2 Å².